The van der Waals surface area contributed by atoms with E-state index < -0.39 is 0 Å². The van der Waals surface area contributed by atoms with E-state index in [1.807, 2.05) is 35.1 Å². The minimum absolute atomic E-state index is 0.0849. The second kappa shape index (κ2) is 10.1. The first-order valence-corrected chi connectivity index (χ1v) is 13.9. The minimum Gasteiger partial charge on any atom is -0.493 e. The number of hydrogen-bond acceptors (Lipinski definition) is 8. The quantitative estimate of drug-likeness (QED) is 0.219. The molecule has 1 atom stereocenters. The van der Waals surface area contributed by atoms with Crippen molar-refractivity contribution in [1.82, 2.24) is 30.0 Å². The number of nitrogens with one attached hydrogen (secondary N) is 2. The monoisotopic (exact) mass is 615 g/mol. The Morgan fingerprint density at radius 3 is 2.86 bits per heavy atom. The third kappa shape index (κ3) is 5.36. The zero-order chi connectivity index (χ0) is 25.3. The van der Waals surface area contributed by atoms with E-state index in [1.54, 1.807) is 18.6 Å². The molecule has 4 heterocycles. The van der Waals surface area contributed by atoms with Gasteiger partial charge >= 0.3 is 0 Å². The summed E-state index contributed by atoms with van der Waals surface area (Å²) in [5, 5.41) is 11.6. The fraction of sp³-hybridized carbons (Fsp3) is 0.320. The molecule has 5 rings (SSSR count). The Labute approximate surface area is 226 Å². The van der Waals surface area contributed by atoms with Gasteiger partial charge in [0.2, 0.25) is 5.95 Å². The molecule has 0 radical (unpaired) electrons. The number of benzene rings is 1. The number of carbonyl (C=O) groups excluding carboxylic acids is 1. The van der Waals surface area contributed by atoms with Crippen LogP contribution in [0.4, 0.5) is 11.6 Å². The van der Waals surface area contributed by atoms with Crippen LogP contribution in [0.5, 0.6) is 5.75 Å². The van der Waals surface area contributed by atoms with Crippen LogP contribution >= 0.6 is 33.9 Å². The number of halogens is 1. The molecule has 2 N–H and O–H groups in total. The zero-order valence-electron chi connectivity index (χ0n) is 20.2. The molecular formula is C25H26IN7O2S. The van der Waals surface area contributed by atoms with Crippen LogP contribution in [0.15, 0.2) is 49.1 Å². The standard InChI is InChI=1S/C25H26IN7O2S/c1-25(2,3)23-28-12-21(36-23)22(34)31-19-7-9-35-20-10-15(4-5-17(19)20)18-6-8-27-24(32-18)30-16-11-29-33(13-16)14-26/h4-6,8,10-13,19H,7,9,14H2,1-3H3,(H,31,34)(H,27,30,32). The summed E-state index contributed by atoms with van der Waals surface area (Å²) in [7, 11) is 0. The molecular weight excluding hydrogens is 589 g/mol. The summed E-state index contributed by atoms with van der Waals surface area (Å²) >= 11 is 3.69. The van der Waals surface area contributed by atoms with Gasteiger partial charge in [-0.1, -0.05) is 55.5 Å². The molecule has 9 nitrogen and oxygen atoms in total. The largest absolute Gasteiger partial charge is 0.493 e. The van der Waals surface area contributed by atoms with Crippen LogP contribution in [-0.4, -0.2) is 37.2 Å². The normalized spacial score (nSPS) is 15.2. The predicted octanol–water partition coefficient (Wildman–Crippen LogP) is 5.48. The average Bonchev–Trinajstić information content (AvgIpc) is 3.54. The molecule has 0 spiro atoms. The highest BCUT2D eigenvalue weighted by Crippen LogP contribution is 2.36. The molecule has 1 unspecified atom stereocenters. The van der Waals surface area contributed by atoms with Gasteiger partial charge < -0.3 is 15.4 Å². The van der Waals surface area contributed by atoms with Crippen LogP contribution in [0, 0.1) is 0 Å². The maximum atomic E-state index is 12.9. The summed E-state index contributed by atoms with van der Waals surface area (Å²) in [5.41, 5.74) is 3.37. The van der Waals surface area contributed by atoms with E-state index in [4.69, 9.17) is 4.74 Å². The third-order valence-corrected chi connectivity index (χ3v) is 7.81. The summed E-state index contributed by atoms with van der Waals surface area (Å²) in [6, 6.07) is 7.70. The van der Waals surface area contributed by atoms with E-state index in [9.17, 15) is 4.79 Å². The van der Waals surface area contributed by atoms with E-state index in [1.165, 1.54) is 11.3 Å². The highest BCUT2D eigenvalue weighted by Gasteiger charge is 2.26. The van der Waals surface area contributed by atoms with Crippen molar-refractivity contribution in [3.05, 3.63) is 64.5 Å². The molecule has 0 fully saturated rings. The van der Waals surface area contributed by atoms with Gasteiger partial charge in [0.25, 0.3) is 5.91 Å². The second-order valence-electron chi connectivity index (χ2n) is 9.47. The predicted molar refractivity (Wildman–Crippen MR) is 148 cm³/mol. The number of aromatic nitrogens is 5. The lowest BCUT2D eigenvalue weighted by molar-refractivity contribution is 0.0928. The number of amides is 1. The first-order valence-electron chi connectivity index (χ1n) is 11.5. The van der Waals surface area contributed by atoms with E-state index in [-0.39, 0.29) is 17.4 Å². The summed E-state index contributed by atoms with van der Waals surface area (Å²) in [6.45, 7) is 6.80. The van der Waals surface area contributed by atoms with Crippen molar-refractivity contribution in [3.8, 4) is 17.0 Å². The van der Waals surface area contributed by atoms with Crippen molar-refractivity contribution in [1.29, 1.82) is 0 Å². The molecule has 4 aromatic rings. The molecule has 1 aliphatic heterocycles. The number of anilines is 2. The van der Waals surface area contributed by atoms with E-state index in [2.05, 4.69) is 74.0 Å². The van der Waals surface area contributed by atoms with Gasteiger partial charge in [-0.05, 0) is 12.1 Å². The van der Waals surface area contributed by atoms with Gasteiger partial charge in [0, 0.05) is 35.4 Å². The Kier molecular flexibility index (Phi) is 6.93. The summed E-state index contributed by atoms with van der Waals surface area (Å²) < 4.78 is 8.54. The summed E-state index contributed by atoms with van der Waals surface area (Å²) in [4.78, 5) is 27.0. The number of thiazole rings is 1. The van der Waals surface area contributed by atoms with Crippen LogP contribution in [0.25, 0.3) is 11.3 Å². The number of nitrogens with zero attached hydrogens (tertiary/aromatic N) is 5. The highest BCUT2D eigenvalue weighted by atomic mass is 127. The van der Waals surface area contributed by atoms with Crippen molar-refractivity contribution < 1.29 is 9.53 Å². The molecule has 0 aliphatic carbocycles. The molecule has 0 saturated carbocycles. The van der Waals surface area contributed by atoms with Crippen LogP contribution in [0.2, 0.25) is 0 Å². The smallest absolute Gasteiger partial charge is 0.263 e. The zero-order valence-corrected chi connectivity index (χ0v) is 23.1. The van der Waals surface area contributed by atoms with Gasteiger partial charge in [-0.2, -0.15) is 5.10 Å². The van der Waals surface area contributed by atoms with Gasteiger partial charge in [0.1, 0.15) is 10.6 Å². The molecule has 0 saturated heterocycles. The molecule has 1 aromatic carbocycles. The molecule has 11 heteroatoms. The highest BCUT2D eigenvalue weighted by molar-refractivity contribution is 14.1. The molecule has 186 valence electrons. The first kappa shape index (κ1) is 24.6. The van der Waals surface area contributed by atoms with E-state index >= 15 is 0 Å². The van der Waals surface area contributed by atoms with Crippen LogP contribution < -0.4 is 15.4 Å². The van der Waals surface area contributed by atoms with Crippen molar-refractivity contribution >= 4 is 51.5 Å². The molecule has 36 heavy (non-hydrogen) atoms. The molecule has 1 amide bonds. The van der Waals surface area contributed by atoms with Crippen LogP contribution in [0.3, 0.4) is 0 Å². The molecule has 0 bridgehead atoms. The number of hydrogen-bond donors (Lipinski definition) is 2. The topological polar surface area (TPSA) is 107 Å². The molecule has 3 aromatic heterocycles. The maximum absolute atomic E-state index is 12.9. The second-order valence-corrected chi connectivity index (χ2v) is 11.2. The van der Waals surface area contributed by atoms with Gasteiger partial charge in [-0.15, -0.1) is 11.3 Å². The number of ether oxygens (including phenoxy) is 1. The fourth-order valence-electron chi connectivity index (χ4n) is 3.86. The van der Waals surface area contributed by atoms with Gasteiger partial charge in [-0.25, -0.2) is 15.0 Å². The summed E-state index contributed by atoms with van der Waals surface area (Å²) in [5.74, 6) is 1.13. The molecule has 1 aliphatic rings. The lowest BCUT2D eigenvalue weighted by atomic mass is 9.97. The Morgan fingerprint density at radius 1 is 1.25 bits per heavy atom. The van der Waals surface area contributed by atoms with Gasteiger partial charge in [0.15, 0.2) is 0 Å². The van der Waals surface area contributed by atoms with Crippen molar-refractivity contribution in [2.45, 2.75) is 43.2 Å². The number of fused-ring (bicyclic) bond motifs is 1. The Morgan fingerprint density at radius 2 is 2.11 bits per heavy atom. The SMILES string of the molecule is CC(C)(C)c1ncc(C(=O)NC2CCOc3cc(-c4ccnc(Nc5cnn(CI)c5)n4)ccc32)s1. The van der Waals surface area contributed by atoms with Crippen molar-refractivity contribution in [2.24, 2.45) is 0 Å². The minimum atomic E-state index is -0.132. The van der Waals surface area contributed by atoms with Crippen LogP contribution in [0.1, 0.15) is 53.5 Å². The van der Waals surface area contributed by atoms with Crippen molar-refractivity contribution in [2.75, 3.05) is 11.9 Å². The Hall–Kier alpha value is -3.06. The van der Waals surface area contributed by atoms with Gasteiger partial charge in [-0.3, -0.25) is 9.48 Å². The van der Waals surface area contributed by atoms with Gasteiger partial charge in [0.05, 0.1) is 46.0 Å². The fourth-order valence-corrected chi connectivity index (χ4v) is 5.11. The van der Waals surface area contributed by atoms with E-state index in [0.717, 1.165) is 37.8 Å². The number of carbonyl (C=O) groups is 1. The number of alkyl halides is 1. The lowest BCUT2D eigenvalue weighted by Gasteiger charge is -2.27. The summed E-state index contributed by atoms with van der Waals surface area (Å²) in [6.07, 6.45) is 7.73. The van der Waals surface area contributed by atoms with E-state index in [0.29, 0.717) is 23.9 Å². The van der Waals surface area contributed by atoms with Crippen LogP contribution in [-0.2, 0) is 9.97 Å². The Balaban J connectivity index is 1.33. The first-order chi connectivity index (χ1) is 17.3. The van der Waals surface area contributed by atoms with Crippen molar-refractivity contribution in [3.63, 3.8) is 0 Å². The Bertz CT molecular complexity index is 1400. The number of rotatable bonds is 6. The average molecular weight is 616 g/mol. The lowest BCUT2D eigenvalue weighted by Crippen LogP contribution is -2.31. The maximum Gasteiger partial charge on any atom is 0.263 e. The third-order valence-electron chi connectivity index (χ3n) is 5.69.